The molecule has 2 N–H and O–H groups in total. The number of carboxylic acid groups (broad SMARTS) is 1. The van der Waals surface area contributed by atoms with E-state index >= 15 is 0 Å². The largest absolute Gasteiger partial charge is 0.481 e. The zero-order valence-corrected chi connectivity index (χ0v) is 8.61. The van der Waals surface area contributed by atoms with Crippen LogP contribution in [0.15, 0.2) is 0 Å². The fraction of sp³-hybridized carbons (Fsp3) is 0.778. The van der Waals surface area contributed by atoms with E-state index in [1.54, 1.807) is 20.8 Å². The molecule has 0 aromatic heterocycles. The van der Waals surface area contributed by atoms with Gasteiger partial charge in [0.15, 0.2) is 5.92 Å². The Morgan fingerprint density at radius 2 is 1.86 bits per heavy atom. The lowest BCUT2D eigenvalue weighted by molar-refractivity contribution is -0.167. The molecule has 0 rings (SSSR count). The first-order valence-electron chi connectivity index (χ1n) is 4.34. The molecular weight excluding hydrogens is 188 g/mol. The van der Waals surface area contributed by atoms with Crippen LogP contribution in [-0.2, 0) is 14.3 Å². The first kappa shape index (κ1) is 12.9. The molecule has 14 heavy (non-hydrogen) atoms. The van der Waals surface area contributed by atoms with E-state index < -0.39 is 23.5 Å². The van der Waals surface area contributed by atoms with Gasteiger partial charge in [-0.3, -0.25) is 9.59 Å². The van der Waals surface area contributed by atoms with Crippen LogP contribution >= 0.6 is 0 Å². The minimum absolute atomic E-state index is 0.121. The highest BCUT2D eigenvalue weighted by Crippen LogP contribution is 2.13. The van der Waals surface area contributed by atoms with Gasteiger partial charge in [-0.25, -0.2) is 0 Å². The minimum Gasteiger partial charge on any atom is -0.481 e. The lowest BCUT2D eigenvalue weighted by Gasteiger charge is -2.21. The minimum atomic E-state index is -1.28. The summed E-state index contributed by atoms with van der Waals surface area (Å²) in [5.74, 6) is -3.36. The van der Waals surface area contributed by atoms with Crippen LogP contribution in [0.2, 0.25) is 0 Å². The molecule has 0 aliphatic rings. The van der Waals surface area contributed by atoms with Crippen molar-refractivity contribution in [2.75, 3.05) is 6.61 Å². The second kappa shape index (κ2) is 4.95. The highest BCUT2D eigenvalue weighted by molar-refractivity contribution is 5.94. The third-order valence-corrected chi connectivity index (χ3v) is 1.41. The molecule has 0 amide bonds. The summed E-state index contributed by atoms with van der Waals surface area (Å²) < 4.78 is 4.88. The average Bonchev–Trinajstić information content (AvgIpc) is 1.95. The first-order chi connectivity index (χ1) is 6.28. The molecule has 0 aliphatic carbocycles. The van der Waals surface area contributed by atoms with E-state index in [0.29, 0.717) is 0 Å². The molecule has 5 heteroatoms. The predicted molar refractivity (Wildman–Crippen MR) is 48.7 cm³/mol. The van der Waals surface area contributed by atoms with Crippen LogP contribution < -0.4 is 0 Å². The van der Waals surface area contributed by atoms with Gasteiger partial charge in [-0.05, 0) is 27.2 Å². The maximum Gasteiger partial charge on any atom is 0.320 e. The molecule has 82 valence electrons. The van der Waals surface area contributed by atoms with Crippen molar-refractivity contribution in [3.63, 3.8) is 0 Å². The Kier molecular flexibility index (Phi) is 4.56. The number of carbonyl (C=O) groups is 2. The lowest BCUT2D eigenvalue weighted by atomic mass is 10.1. The fourth-order valence-electron chi connectivity index (χ4n) is 0.844. The Morgan fingerprint density at radius 1 is 1.36 bits per heavy atom. The van der Waals surface area contributed by atoms with Crippen molar-refractivity contribution in [3.05, 3.63) is 0 Å². The van der Waals surface area contributed by atoms with E-state index in [-0.39, 0.29) is 13.0 Å². The molecule has 0 radical (unpaired) electrons. The molecule has 0 unspecified atom stereocenters. The smallest absolute Gasteiger partial charge is 0.320 e. The van der Waals surface area contributed by atoms with E-state index in [1.165, 1.54) is 0 Å². The Labute approximate surface area is 82.7 Å². The van der Waals surface area contributed by atoms with Crippen LogP contribution in [0.25, 0.3) is 0 Å². The molecule has 0 spiro atoms. The van der Waals surface area contributed by atoms with E-state index in [9.17, 15) is 9.59 Å². The summed E-state index contributed by atoms with van der Waals surface area (Å²) in [6.45, 7) is 4.62. The van der Waals surface area contributed by atoms with Crippen LogP contribution in [0.4, 0.5) is 0 Å². The maximum atomic E-state index is 11.3. The van der Waals surface area contributed by atoms with Crippen molar-refractivity contribution in [2.45, 2.75) is 32.8 Å². The van der Waals surface area contributed by atoms with Gasteiger partial charge in [0.05, 0.1) is 0 Å². The van der Waals surface area contributed by atoms with Gasteiger partial charge in [0.25, 0.3) is 0 Å². The predicted octanol–water partition coefficient (Wildman–Crippen LogP) is 0.411. The second-order valence-corrected chi connectivity index (χ2v) is 3.94. The zero-order valence-electron chi connectivity index (χ0n) is 8.61. The Bertz CT molecular complexity index is 216. The van der Waals surface area contributed by atoms with Crippen molar-refractivity contribution in [1.82, 2.24) is 0 Å². The molecule has 0 heterocycles. The number of hydrogen-bond donors (Lipinski definition) is 2. The van der Waals surface area contributed by atoms with Crippen LogP contribution in [0, 0.1) is 5.92 Å². The second-order valence-electron chi connectivity index (χ2n) is 3.94. The maximum absolute atomic E-state index is 11.3. The summed E-state index contributed by atoms with van der Waals surface area (Å²) >= 11 is 0. The average molecular weight is 204 g/mol. The number of rotatable bonds is 4. The third kappa shape index (κ3) is 4.81. The highest BCUT2D eigenvalue weighted by Gasteiger charge is 2.30. The topological polar surface area (TPSA) is 83.8 Å². The molecule has 0 aromatic carbocycles. The normalized spacial score (nSPS) is 13.4. The van der Waals surface area contributed by atoms with E-state index in [4.69, 9.17) is 14.9 Å². The van der Waals surface area contributed by atoms with Gasteiger partial charge in [-0.15, -0.1) is 0 Å². The lowest BCUT2D eigenvalue weighted by Crippen LogP contribution is -2.33. The molecule has 0 saturated carbocycles. The van der Waals surface area contributed by atoms with Crippen molar-refractivity contribution >= 4 is 11.9 Å². The molecule has 0 saturated heterocycles. The van der Waals surface area contributed by atoms with Gasteiger partial charge in [-0.2, -0.15) is 0 Å². The summed E-state index contributed by atoms with van der Waals surface area (Å²) in [5, 5.41) is 17.2. The molecule has 0 bridgehead atoms. The van der Waals surface area contributed by atoms with E-state index in [0.717, 1.165) is 0 Å². The molecule has 0 fully saturated rings. The summed E-state index contributed by atoms with van der Waals surface area (Å²) in [4.78, 5) is 21.9. The Balaban J connectivity index is 4.38. The third-order valence-electron chi connectivity index (χ3n) is 1.41. The number of carboxylic acids is 1. The summed E-state index contributed by atoms with van der Waals surface area (Å²) in [6, 6.07) is 0. The summed E-state index contributed by atoms with van der Waals surface area (Å²) in [5.41, 5.74) is -0.708. The number of hydrogen-bond acceptors (Lipinski definition) is 4. The van der Waals surface area contributed by atoms with E-state index in [1.807, 2.05) is 0 Å². The van der Waals surface area contributed by atoms with Gasteiger partial charge < -0.3 is 14.9 Å². The summed E-state index contributed by atoms with van der Waals surface area (Å²) in [6.07, 6.45) is -0.121. The molecule has 0 aliphatic heterocycles. The number of esters is 1. The number of ether oxygens (including phenoxy) is 1. The summed E-state index contributed by atoms with van der Waals surface area (Å²) in [7, 11) is 0. The molecular formula is C9H16O5. The Morgan fingerprint density at radius 3 is 2.14 bits per heavy atom. The van der Waals surface area contributed by atoms with Gasteiger partial charge >= 0.3 is 11.9 Å². The molecule has 0 aromatic rings. The number of carbonyl (C=O) groups excluding carboxylic acids is 1. The van der Waals surface area contributed by atoms with Crippen LogP contribution in [0.1, 0.15) is 27.2 Å². The highest BCUT2D eigenvalue weighted by atomic mass is 16.6. The first-order valence-corrected chi connectivity index (χ1v) is 4.34. The number of aliphatic carboxylic acids is 1. The van der Waals surface area contributed by atoms with Gasteiger partial charge in [-0.1, -0.05) is 0 Å². The van der Waals surface area contributed by atoms with E-state index in [2.05, 4.69) is 0 Å². The van der Waals surface area contributed by atoms with Gasteiger partial charge in [0.2, 0.25) is 0 Å². The SMILES string of the molecule is CC(C)(C)OC(=O)[C@@H](CCO)C(=O)O. The van der Waals surface area contributed by atoms with Crippen LogP contribution in [0.3, 0.4) is 0 Å². The van der Waals surface area contributed by atoms with Gasteiger partial charge in [0, 0.05) is 6.61 Å². The Hall–Kier alpha value is -1.10. The molecule has 5 nitrogen and oxygen atoms in total. The number of aliphatic hydroxyl groups is 1. The number of aliphatic hydroxyl groups excluding tert-OH is 1. The van der Waals surface area contributed by atoms with Crippen molar-refractivity contribution < 1.29 is 24.5 Å². The van der Waals surface area contributed by atoms with Crippen molar-refractivity contribution in [2.24, 2.45) is 5.92 Å². The molecule has 1 atom stereocenters. The van der Waals surface area contributed by atoms with Crippen LogP contribution in [0.5, 0.6) is 0 Å². The standard InChI is InChI=1S/C9H16O5/c1-9(2,3)14-8(13)6(4-5-10)7(11)12/h6,10H,4-5H2,1-3H3,(H,11,12)/t6-/m0/s1. The fourth-order valence-corrected chi connectivity index (χ4v) is 0.844. The zero-order chi connectivity index (χ0) is 11.4. The van der Waals surface area contributed by atoms with Crippen LogP contribution in [-0.4, -0.2) is 34.4 Å². The van der Waals surface area contributed by atoms with Gasteiger partial charge in [0.1, 0.15) is 5.60 Å². The monoisotopic (exact) mass is 204 g/mol. The van der Waals surface area contributed by atoms with Crippen molar-refractivity contribution in [1.29, 1.82) is 0 Å². The van der Waals surface area contributed by atoms with Crippen molar-refractivity contribution in [3.8, 4) is 0 Å². The quantitative estimate of drug-likeness (QED) is 0.512.